The van der Waals surface area contributed by atoms with Gasteiger partial charge in [0.25, 0.3) is 0 Å². The van der Waals surface area contributed by atoms with Crippen molar-refractivity contribution >= 4 is 21.4 Å². The van der Waals surface area contributed by atoms with Crippen LogP contribution in [0.15, 0.2) is 48.7 Å². The van der Waals surface area contributed by atoms with Gasteiger partial charge in [-0.05, 0) is 30.3 Å². The minimum atomic E-state index is -0.262. The van der Waals surface area contributed by atoms with Crippen molar-refractivity contribution < 1.29 is 13.9 Å². The number of para-hydroxylation sites is 1. The lowest BCUT2D eigenvalue weighted by atomic mass is 10.2. The second-order valence-electron chi connectivity index (χ2n) is 6.42. The molecule has 8 heteroatoms. The van der Waals surface area contributed by atoms with Gasteiger partial charge < -0.3 is 14.8 Å². The number of hydrogen-bond donors (Lipinski definition) is 1. The van der Waals surface area contributed by atoms with Gasteiger partial charge in [-0.1, -0.05) is 23.5 Å². The topological polar surface area (TPSA) is 60.7 Å². The summed E-state index contributed by atoms with van der Waals surface area (Å²) in [6.45, 7) is 1.90. The SMILES string of the molecule is Fc1ccc(-c2cn3nc(NCc4cccc5c4OCCCO5)sc3n2)cc1. The molecule has 0 saturated heterocycles. The normalized spacial score (nSPS) is 13.5. The molecule has 2 aromatic heterocycles. The monoisotopic (exact) mass is 396 g/mol. The van der Waals surface area contributed by atoms with Gasteiger partial charge in [-0.15, -0.1) is 5.10 Å². The number of benzene rings is 2. The van der Waals surface area contributed by atoms with Crippen molar-refractivity contribution in [1.82, 2.24) is 14.6 Å². The van der Waals surface area contributed by atoms with Crippen molar-refractivity contribution in [2.45, 2.75) is 13.0 Å². The van der Waals surface area contributed by atoms with Gasteiger partial charge in [0.2, 0.25) is 10.1 Å². The Morgan fingerprint density at radius 3 is 2.82 bits per heavy atom. The summed E-state index contributed by atoms with van der Waals surface area (Å²) in [5.41, 5.74) is 2.65. The van der Waals surface area contributed by atoms with Crippen LogP contribution < -0.4 is 14.8 Å². The molecule has 0 bridgehead atoms. The van der Waals surface area contributed by atoms with Gasteiger partial charge >= 0.3 is 0 Å². The average molecular weight is 396 g/mol. The summed E-state index contributed by atoms with van der Waals surface area (Å²) >= 11 is 1.46. The summed E-state index contributed by atoms with van der Waals surface area (Å²) in [7, 11) is 0. The minimum Gasteiger partial charge on any atom is -0.490 e. The van der Waals surface area contributed by atoms with E-state index in [1.807, 2.05) is 24.4 Å². The first-order valence-electron chi connectivity index (χ1n) is 9.00. The van der Waals surface area contributed by atoms with Crippen LogP contribution in [0, 0.1) is 5.82 Å². The molecule has 6 nitrogen and oxygen atoms in total. The number of aromatic nitrogens is 3. The molecule has 0 aliphatic carbocycles. The fourth-order valence-corrected chi connectivity index (χ4v) is 3.87. The zero-order valence-electron chi connectivity index (χ0n) is 14.9. The predicted octanol–water partition coefficient (Wildman–Crippen LogP) is 4.37. The van der Waals surface area contributed by atoms with Crippen LogP contribution in [0.4, 0.5) is 9.52 Å². The van der Waals surface area contributed by atoms with E-state index in [2.05, 4.69) is 15.4 Å². The third kappa shape index (κ3) is 3.27. The molecule has 1 aliphatic rings. The number of anilines is 1. The van der Waals surface area contributed by atoms with E-state index in [4.69, 9.17) is 9.47 Å². The molecule has 3 heterocycles. The molecule has 0 saturated carbocycles. The highest BCUT2D eigenvalue weighted by Crippen LogP contribution is 2.34. The van der Waals surface area contributed by atoms with E-state index < -0.39 is 0 Å². The Morgan fingerprint density at radius 1 is 1.11 bits per heavy atom. The van der Waals surface area contributed by atoms with E-state index in [0.717, 1.165) is 44.8 Å². The summed E-state index contributed by atoms with van der Waals surface area (Å²) in [4.78, 5) is 5.35. The van der Waals surface area contributed by atoms with Gasteiger partial charge in [-0.2, -0.15) is 0 Å². The van der Waals surface area contributed by atoms with Gasteiger partial charge in [-0.25, -0.2) is 13.9 Å². The van der Waals surface area contributed by atoms with Gasteiger partial charge in [0.15, 0.2) is 11.5 Å². The first-order valence-corrected chi connectivity index (χ1v) is 9.81. The van der Waals surface area contributed by atoms with Crippen LogP contribution in [0.2, 0.25) is 0 Å². The van der Waals surface area contributed by atoms with Gasteiger partial charge in [-0.3, -0.25) is 0 Å². The van der Waals surface area contributed by atoms with Crippen LogP contribution in [0.5, 0.6) is 11.5 Å². The second-order valence-corrected chi connectivity index (χ2v) is 7.37. The number of halogens is 1. The van der Waals surface area contributed by atoms with Gasteiger partial charge in [0.05, 0.1) is 25.1 Å². The maximum atomic E-state index is 13.1. The van der Waals surface area contributed by atoms with Crippen LogP contribution in [0.3, 0.4) is 0 Å². The lowest BCUT2D eigenvalue weighted by Gasteiger charge is -2.12. The maximum Gasteiger partial charge on any atom is 0.214 e. The molecular formula is C20H17FN4O2S. The maximum absolute atomic E-state index is 13.1. The summed E-state index contributed by atoms with van der Waals surface area (Å²) in [5, 5.41) is 8.64. The van der Waals surface area contributed by atoms with E-state index in [1.54, 1.807) is 16.6 Å². The zero-order chi connectivity index (χ0) is 18.9. The second kappa shape index (κ2) is 7.12. The number of nitrogens with one attached hydrogen (secondary N) is 1. The molecule has 5 rings (SSSR count). The molecule has 1 aliphatic heterocycles. The zero-order valence-corrected chi connectivity index (χ0v) is 15.7. The number of fused-ring (bicyclic) bond motifs is 2. The Labute approximate surface area is 164 Å². The summed E-state index contributed by atoms with van der Waals surface area (Å²) in [6.07, 6.45) is 2.72. The van der Waals surface area contributed by atoms with Crippen LogP contribution >= 0.6 is 11.3 Å². The van der Waals surface area contributed by atoms with Crippen LogP contribution in [-0.2, 0) is 6.54 Å². The minimum absolute atomic E-state index is 0.262. The van der Waals surface area contributed by atoms with Crippen molar-refractivity contribution in [3.05, 3.63) is 60.0 Å². The molecule has 1 N–H and O–H groups in total. The Morgan fingerprint density at radius 2 is 1.96 bits per heavy atom. The van der Waals surface area contributed by atoms with Crippen molar-refractivity contribution in [3.63, 3.8) is 0 Å². The Balaban J connectivity index is 1.34. The Kier molecular flexibility index (Phi) is 4.32. The Bertz CT molecular complexity index is 1090. The number of hydrogen-bond acceptors (Lipinski definition) is 6. The fourth-order valence-electron chi connectivity index (χ4n) is 3.10. The summed E-state index contributed by atoms with van der Waals surface area (Å²) < 4.78 is 26.4. The molecule has 2 aromatic carbocycles. The highest BCUT2D eigenvalue weighted by molar-refractivity contribution is 7.20. The highest BCUT2D eigenvalue weighted by Gasteiger charge is 2.15. The molecule has 0 radical (unpaired) electrons. The van der Waals surface area contributed by atoms with Gasteiger partial charge in [0.1, 0.15) is 5.82 Å². The van der Waals surface area contributed by atoms with Crippen molar-refractivity contribution in [2.75, 3.05) is 18.5 Å². The van der Waals surface area contributed by atoms with Gasteiger partial charge in [0, 0.05) is 24.1 Å². The van der Waals surface area contributed by atoms with Crippen molar-refractivity contribution in [1.29, 1.82) is 0 Å². The van der Waals surface area contributed by atoms with E-state index in [0.29, 0.717) is 19.8 Å². The molecule has 0 fully saturated rings. The third-order valence-corrected chi connectivity index (χ3v) is 5.35. The smallest absolute Gasteiger partial charge is 0.214 e. The summed E-state index contributed by atoms with van der Waals surface area (Å²) in [6, 6.07) is 12.2. The van der Waals surface area contributed by atoms with E-state index >= 15 is 0 Å². The number of nitrogens with zero attached hydrogens (tertiary/aromatic N) is 3. The third-order valence-electron chi connectivity index (χ3n) is 4.47. The highest BCUT2D eigenvalue weighted by atomic mass is 32.1. The average Bonchev–Trinajstić information content (AvgIpc) is 3.16. The quantitative estimate of drug-likeness (QED) is 0.555. The molecular weight excluding hydrogens is 379 g/mol. The van der Waals surface area contributed by atoms with E-state index in [9.17, 15) is 4.39 Å². The van der Waals surface area contributed by atoms with Crippen LogP contribution in [-0.4, -0.2) is 27.8 Å². The van der Waals surface area contributed by atoms with Crippen molar-refractivity contribution in [3.8, 4) is 22.8 Å². The molecule has 142 valence electrons. The molecule has 0 atom stereocenters. The lowest BCUT2D eigenvalue weighted by molar-refractivity contribution is 0.296. The number of imidazole rings is 1. The summed E-state index contributed by atoms with van der Waals surface area (Å²) in [5.74, 6) is 1.32. The van der Waals surface area contributed by atoms with Crippen LogP contribution in [0.1, 0.15) is 12.0 Å². The van der Waals surface area contributed by atoms with E-state index in [-0.39, 0.29) is 5.82 Å². The molecule has 28 heavy (non-hydrogen) atoms. The largest absolute Gasteiger partial charge is 0.490 e. The fraction of sp³-hybridized carbons (Fsp3) is 0.200. The van der Waals surface area contributed by atoms with E-state index in [1.165, 1.54) is 23.5 Å². The van der Waals surface area contributed by atoms with Crippen LogP contribution in [0.25, 0.3) is 16.2 Å². The molecule has 0 unspecified atom stereocenters. The first kappa shape index (κ1) is 17.0. The predicted molar refractivity (Wildman–Crippen MR) is 106 cm³/mol. The molecule has 0 spiro atoms. The molecule has 4 aromatic rings. The lowest BCUT2D eigenvalue weighted by Crippen LogP contribution is -2.03. The Hall–Kier alpha value is -3.13. The number of ether oxygens (including phenoxy) is 2. The molecule has 0 amide bonds. The standard InChI is InChI=1S/C20H17FN4O2S/c21-15-7-5-13(6-8-15)16-12-25-20(23-16)28-19(24-25)22-11-14-3-1-4-17-18(14)27-10-2-9-26-17/h1,3-8,12H,2,9-11H2,(H,22,24). The number of rotatable bonds is 4. The van der Waals surface area contributed by atoms with Crippen molar-refractivity contribution in [2.24, 2.45) is 0 Å². The first-order chi connectivity index (χ1) is 13.8.